The zero-order valence-electron chi connectivity index (χ0n) is 16.4. The van der Waals surface area contributed by atoms with E-state index in [1.807, 2.05) is 0 Å². The van der Waals surface area contributed by atoms with Crippen molar-refractivity contribution in [3.05, 3.63) is 66.0 Å². The number of nitrogens with one attached hydrogen (secondary N) is 1. The molecule has 0 radical (unpaired) electrons. The van der Waals surface area contributed by atoms with E-state index in [0.29, 0.717) is 11.5 Å². The maximum Gasteiger partial charge on any atom is 0.253 e. The Morgan fingerprint density at radius 1 is 1.21 bits per heavy atom. The predicted molar refractivity (Wildman–Crippen MR) is 107 cm³/mol. The van der Waals surface area contributed by atoms with Crippen molar-refractivity contribution >= 4 is 15.9 Å². The first-order chi connectivity index (χ1) is 13.7. The fourth-order valence-electron chi connectivity index (χ4n) is 2.62. The Hall–Kier alpha value is -2.91. The van der Waals surface area contributed by atoms with Crippen LogP contribution in [0.25, 0.3) is 0 Å². The molecular weight excluding hydrogens is 399 g/mol. The van der Waals surface area contributed by atoms with E-state index in [9.17, 15) is 17.6 Å². The van der Waals surface area contributed by atoms with Crippen LogP contribution in [-0.2, 0) is 16.6 Å². The van der Waals surface area contributed by atoms with Gasteiger partial charge in [0.05, 0.1) is 14.2 Å². The first-order valence-electron chi connectivity index (χ1n) is 8.60. The zero-order valence-corrected chi connectivity index (χ0v) is 17.3. The Labute approximate surface area is 169 Å². The molecule has 0 unspecified atom stereocenters. The van der Waals surface area contributed by atoms with Gasteiger partial charge in [-0.15, -0.1) is 6.58 Å². The summed E-state index contributed by atoms with van der Waals surface area (Å²) in [6.07, 6.45) is 1.33. The molecule has 29 heavy (non-hydrogen) atoms. The van der Waals surface area contributed by atoms with Crippen LogP contribution >= 0.6 is 0 Å². The molecule has 0 atom stereocenters. The summed E-state index contributed by atoms with van der Waals surface area (Å²) in [4.78, 5) is 13.6. The third kappa shape index (κ3) is 5.33. The van der Waals surface area contributed by atoms with Crippen LogP contribution in [0.15, 0.2) is 53.9 Å². The van der Waals surface area contributed by atoms with Crippen LogP contribution in [0.3, 0.4) is 0 Å². The number of sulfonamides is 1. The van der Waals surface area contributed by atoms with Crippen molar-refractivity contribution in [1.29, 1.82) is 0 Å². The third-order valence-corrected chi connectivity index (χ3v) is 5.57. The number of hydrogen-bond acceptors (Lipinski definition) is 5. The van der Waals surface area contributed by atoms with E-state index in [-0.39, 0.29) is 18.7 Å². The van der Waals surface area contributed by atoms with Gasteiger partial charge in [0.2, 0.25) is 10.0 Å². The molecule has 1 amide bonds. The molecule has 0 aliphatic carbocycles. The number of methoxy groups -OCH3 is 2. The summed E-state index contributed by atoms with van der Waals surface area (Å²) < 4.78 is 51.2. The lowest BCUT2D eigenvalue weighted by molar-refractivity contribution is 0.0784. The Morgan fingerprint density at radius 2 is 1.93 bits per heavy atom. The second kappa shape index (κ2) is 9.53. The van der Waals surface area contributed by atoms with Crippen LogP contribution in [0.1, 0.15) is 15.9 Å². The first kappa shape index (κ1) is 22.4. The minimum absolute atomic E-state index is 0.0420. The van der Waals surface area contributed by atoms with Crippen molar-refractivity contribution in [1.82, 2.24) is 9.62 Å². The summed E-state index contributed by atoms with van der Waals surface area (Å²) in [5.41, 5.74) is 0.770. The van der Waals surface area contributed by atoms with Gasteiger partial charge in [-0.3, -0.25) is 4.79 Å². The molecule has 2 aromatic carbocycles. The minimum Gasteiger partial charge on any atom is -0.497 e. The number of halogens is 1. The molecule has 0 aromatic heterocycles. The van der Waals surface area contributed by atoms with Gasteiger partial charge in [-0.05, 0) is 30.3 Å². The average Bonchev–Trinajstić information content (AvgIpc) is 2.72. The van der Waals surface area contributed by atoms with Gasteiger partial charge >= 0.3 is 0 Å². The Morgan fingerprint density at radius 3 is 2.55 bits per heavy atom. The molecule has 0 bridgehead atoms. The Balaban J connectivity index is 2.28. The molecule has 7 nitrogen and oxygen atoms in total. The number of benzene rings is 2. The number of ether oxygens (including phenoxy) is 2. The molecule has 1 N–H and O–H groups in total. The molecule has 2 aromatic rings. The molecule has 0 aliphatic heterocycles. The lowest BCUT2D eigenvalue weighted by atomic mass is 10.1. The fourth-order valence-corrected chi connectivity index (χ4v) is 3.72. The number of hydrogen-bond donors (Lipinski definition) is 1. The molecule has 0 heterocycles. The quantitative estimate of drug-likeness (QED) is 0.628. The van der Waals surface area contributed by atoms with Crippen molar-refractivity contribution in [3.63, 3.8) is 0 Å². The lowest BCUT2D eigenvalue weighted by Gasteiger charge is -2.20. The van der Waals surface area contributed by atoms with Crippen molar-refractivity contribution < 1.29 is 27.1 Å². The summed E-state index contributed by atoms with van der Waals surface area (Å²) in [6, 6.07) is 8.42. The summed E-state index contributed by atoms with van der Waals surface area (Å²) >= 11 is 0. The van der Waals surface area contributed by atoms with Gasteiger partial charge < -0.3 is 14.4 Å². The fraction of sp³-hybridized carbons (Fsp3) is 0.250. The van der Waals surface area contributed by atoms with E-state index >= 15 is 0 Å². The van der Waals surface area contributed by atoms with Gasteiger partial charge in [0, 0.05) is 37.3 Å². The van der Waals surface area contributed by atoms with Crippen LogP contribution < -0.4 is 14.2 Å². The molecule has 0 saturated carbocycles. The molecule has 0 aliphatic rings. The molecule has 0 spiro atoms. The Kier molecular flexibility index (Phi) is 7.35. The van der Waals surface area contributed by atoms with Gasteiger partial charge in [-0.1, -0.05) is 6.08 Å². The van der Waals surface area contributed by atoms with Crippen molar-refractivity contribution in [2.75, 3.05) is 27.8 Å². The van der Waals surface area contributed by atoms with Crippen LogP contribution in [0.2, 0.25) is 0 Å². The third-order valence-electron chi connectivity index (χ3n) is 4.13. The zero-order chi connectivity index (χ0) is 21.6. The average molecular weight is 422 g/mol. The van der Waals surface area contributed by atoms with E-state index < -0.39 is 26.6 Å². The van der Waals surface area contributed by atoms with Gasteiger partial charge in [0.15, 0.2) is 0 Å². The maximum absolute atomic E-state index is 14.1. The first-order valence-corrected chi connectivity index (χ1v) is 10.1. The van der Waals surface area contributed by atoms with Crippen LogP contribution in [0.4, 0.5) is 4.39 Å². The SMILES string of the molecule is C=CCNS(=O)(=O)c1cc(C(=O)N(C)Cc2ccc(OC)cc2OC)ccc1F. The standard InChI is InChI=1S/C20H23FN2O5S/c1-5-10-22-29(25,26)19-11-14(7-9-17(19)21)20(24)23(2)13-15-6-8-16(27-3)12-18(15)28-4/h5-9,11-12,22H,1,10,13H2,2-4H3. The van der Waals surface area contributed by atoms with Crippen LogP contribution in [0.5, 0.6) is 11.5 Å². The highest BCUT2D eigenvalue weighted by atomic mass is 32.2. The molecular formula is C20H23FN2O5S. The second-order valence-corrected chi connectivity index (χ2v) is 7.86. The summed E-state index contributed by atoms with van der Waals surface area (Å²) in [7, 11) is 0.485. The van der Waals surface area contributed by atoms with E-state index in [4.69, 9.17) is 9.47 Å². The topological polar surface area (TPSA) is 84.9 Å². The van der Waals surface area contributed by atoms with Crippen molar-refractivity contribution in [2.24, 2.45) is 0 Å². The number of amides is 1. The smallest absolute Gasteiger partial charge is 0.253 e. The normalized spacial score (nSPS) is 11.0. The highest BCUT2D eigenvalue weighted by Gasteiger charge is 2.22. The highest BCUT2D eigenvalue weighted by Crippen LogP contribution is 2.26. The summed E-state index contributed by atoms with van der Waals surface area (Å²) in [6.45, 7) is 3.55. The predicted octanol–water partition coefficient (Wildman–Crippen LogP) is 2.58. The molecule has 156 valence electrons. The molecule has 0 saturated heterocycles. The highest BCUT2D eigenvalue weighted by molar-refractivity contribution is 7.89. The van der Waals surface area contributed by atoms with Crippen molar-refractivity contribution in [3.8, 4) is 11.5 Å². The molecule has 9 heteroatoms. The van der Waals surface area contributed by atoms with Crippen LogP contribution in [0, 0.1) is 5.82 Å². The number of carbonyl (C=O) groups excluding carboxylic acids is 1. The molecule has 2 rings (SSSR count). The van der Waals surface area contributed by atoms with E-state index in [2.05, 4.69) is 11.3 Å². The van der Waals surface area contributed by atoms with E-state index in [1.165, 1.54) is 31.3 Å². The van der Waals surface area contributed by atoms with Gasteiger partial charge in [-0.2, -0.15) is 0 Å². The van der Waals surface area contributed by atoms with E-state index in [0.717, 1.165) is 17.7 Å². The Bertz CT molecular complexity index is 1010. The van der Waals surface area contributed by atoms with Crippen molar-refractivity contribution in [2.45, 2.75) is 11.4 Å². The van der Waals surface area contributed by atoms with Gasteiger partial charge in [-0.25, -0.2) is 17.5 Å². The van der Waals surface area contributed by atoms with Crippen LogP contribution in [-0.4, -0.2) is 47.0 Å². The van der Waals surface area contributed by atoms with E-state index in [1.54, 1.807) is 25.2 Å². The van der Waals surface area contributed by atoms with Gasteiger partial charge in [0.25, 0.3) is 5.91 Å². The number of nitrogens with zero attached hydrogens (tertiary/aromatic N) is 1. The summed E-state index contributed by atoms with van der Waals surface area (Å²) in [5, 5.41) is 0. The summed E-state index contributed by atoms with van der Waals surface area (Å²) in [5.74, 6) is -0.263. The molecule has 0 fully saturated rings. The maximum atomic E-state index is 14.1. The number of rotatable bonds is 9. The number of carbonyl (C=O) groups is 1. The second-order valence-electron chi connectivity index (χ2n) is 6.12. The lowest BCUT2D eigenvalue weighted by Crippen LogP contribution is -2.28. The largest absolute Gasteiger partial charge is 0.497 e. The van der Waals surface area contributed by atoms with Gasteiger partial charge in [0.1, 0.15) is 22.2 Å². The monoisotopic (exact) mass is 422 g/mol. The minimum atomic E-state index is -4.11.